The van der Waals surface area contributed by atoms with Gasteiger partial charge >= 0.3 is 0 Å². The smallest absolute Gasteiger partial charge is 0.228 e. The van der Waals surface area contributed by atoms with E-state index in [9.17, 15) is 4.79 Å². The summed E-state index contributed by atoms with van der Waals surface area (Å²) in [7, 11) is 5.53. The number of benzene rings is 2. The second-order valence-electron chi connectivity index (χ2n) is 9.12. The summed E-state index contributed by atoms with van der Waals surface area (Å²) in [4.78, 5) is 17.8. The normalized spacial score (nSPS) is 22.6. The number of ether oxygens (including phenoxy) is 2. The van der Waals surface area contributed by atoms with Crippen LogP contribution in [0.4, 0.5) is 5.69 Å². The van der Waals surface area contributed by atoms with Crippen molar-refractivity contribution in [2.45, 2.75) is 31.8 Å². The van der Waals surface area contributed by atoms with E-state index in [4.69, 9.17) is 9.47 Å². The molecule has 0 bridgehead atoms. The van der Waals surface area contributed by atoms with E-state index in [1.165, 1.54) is 18.4 Å². The maximum Gasteiger partial charge on any atom is 0.228 e. The zero-order valence-corrected chi connectivity index (χ0v) is 19.4. The molecule has 1 amide bonds. The van der Waals surface area contributed by atoms with Crippen LogP contribution in [0.25, 0.3) is 0 Å². The number of nitrogens with one attached hydrogen (secondary N) is 1. The molecule has 2 aromatic carbocycles. The summed E-state index contributed by atoms with van der Waals surface area (Å²) in [6.45, 7) is 4.01. The number of hydrogen-bond acceptors (Lipinski definition) is 5. The van der Waals surface area contributed by atoms with E-state index in [1.54, 1.807) is 14.2 Å². The highest BCUT2D eigenvalue weighted by atomic mass is 16.5. The molecule has 0 radical (unpaired) electrons. The van der Waals surface area contributed by atoms with E-state index in [-0.39, 0.29) is 11.8 Å². The van der Waals surface area contributed by atoms with Crippen molar-refractivity contribution in [1.29, 1.82) is 0 Å². The molecule has 6 nitrogen and oxygen atoms in total. The fourth-order valence-corrected chi connectivity index (χ4v) is 5.21. The first-order valence-corrected chi connectivity index (χ1v) is 11.6. The lowest BCUT2D eigenvalue weighted by Crippen LogP contribution is -2.41. The van der Waals surface area contributed by atoms with Gasteiger partial charge in [0.15, 0.2) is 0 Å². The number of carbonyl (C=O) groups excluding carboxylic acids is 1. The molecular weight excluding hydrogens is 402 g/mol. The zero-order valence-electron chi connectivity index (χ0n) is 19.4. The molecule has 0 saturated carbocycles. The number of hydrogen-bond donors (Lipinski definition) is 1. The van der Waals surface area contributed by atoms with Crippen LogP contribution in [0.1, 0.15) is 24.8 Å². The molecule has 2 atom stereocenters. The fraction of sp³-hybridized carbons (Fsp3) is 0.500. The largest absolute Gasteiger partial charge is 0.497 e. The maximum absolute atomic E-state index is 12.9. The van der Waals surface area contributed by atoms with Crippen molar-refractivity contribution < 1.29 is 14.3 Å². The van der Waals surface area contributed by atoms with E-state index in [2.05, 4.69) is 40.4 Å². The lowest BCUT2D eigenvalue weighted by Gasteiger charge is -2.37. The topological polar surface area (TPSA) is 54.0 Å². The Labute approximate surface area is 191 Å². The molecule has 1 N–H and O–H groups in total. The van der Waals surface area contributed by atoms with Gasteiger partial charge in [0.25, 0.3) is 0 Å². The van der Waals surface area contributed by atoms with Crippen LogP contribution < -0.4 is 14.8 Å². The Balaban J connectivity index is 1.27. The summed E-state index contributed by atoms with van der Waals surface area (Å²) in [5.74, 6) is 2.53. The van der Waals surface area contributed by atoms with Gasteiger partial charge in [-0.2, -0.15) is 0 Å². The molecule has 0 aliphatic carbocycles. The van der Waals surface area contributed by atoms with Crippen LogP contribution in [0, 0.1) is 11.8 Å². The summed E-state index contributed by atoms with van der Waals surface area (Å²) in [5, 5.41) is 3.08. The number of nitrogens with zero attached hydrogens (tertiary/aromatic N) is 2. The highest BCUT2D eigenvalue weighted by Gasteiger charge is 2.39. The third-order valence-corrected chi connectivity index (χ3v) is 7.05. The third-order valence-electron chi connectivity index (χ3n) is 7.05. The molecule has 2 aromatic rings. The average molecular weight is 438 g/mol. The van der Waals surface area contributed by atoms with E-state index in [1.807, 2.05) is 30.3 Å². The summed E-state index contributed by atoms with van der Waals surface area (Å²) >= 11 is 0. The molecule has 0 aromatic heterocycles. The first-order chi connectivity index (χ1) is 15.6. The van der Waals surface area contributed by atoms with Gasteiger partial charge in [0, 0.05) is 24.8 Å². The quantitative estimate of drug-likeness (QED) is 0.713. The number of carbonyl (C=O) groups is 1. The molecular formula is C26H35N3O3. The summed E-state index contributed by atoms with van der Waals surface area (Å²) in [6, 6.07) is 16.4. The van der Waals surface area contributed by atoms with Gasteiger partial charge in [0.05, 0.1) is 20.1 Å². The first-order valence-electron chi connectivity index (χ1n) is 11.6. The standard InChI is InChI=1S/C26H35N3O3/c1-28-18-21(26(30)27-22-7-9-23(31-2)10-8-22)16-25(28)20-11-13-29(14-12-20)17-19-5-4-6-24(15-19)32-3/h4-10,15,20-21,25H,11-14,16-18H2,1-3H3,(H,27,30)/t21-,25+/m0/s1. The Morgan fingerprint density at radius 3 is 2.44 bits per heavy atom. The number of amides is 1. The number of piperidine rings is 1. The molecule has 0 unspecified atom stereocenters. The number of rotatable bonds is 7. The number of likely N-dealkylation sites (tertiary alicyclic amines) is 2. The molecule has 6 heteroatoms. The van der Waals surface area contributed by atoms with Crippen LogP contribution in [0.5, 0.6) is 11.5 Å². The zero-order chi connectivity index (χ0) is 22.5. The monoisotopic (exact) mass is 437 g/mol. The van der Waals surface area contributed by atoms with Crippen molar-refractivity contribution in [3.63, 3.8) is 0 Å². The van der Waals surface area contributed by atoms with E-state index in [0.29, 0.717) is 12.0 Å². The van der Waals surface area contributed by atoms with Crippen molar-refractivity contribution in [1.82, 2.24) is 9.80 Å². The SMILES string of the molecule is COc1ccc(NC(=O)[C@H]2C[C@H](C3CCN(Cc4cccc(OC)c4)CC3)N(C)C2)cc1. The Hall–Kier alpha value is -2.57. The molecule has 2 saturated heterocycles. The van der Waals surface area contributed by atoms with Crippen LogP contribution in [0.3, 0.4) is 0 Å². The van der Waals surface area contributed by atoms with Gasteiger partial charge in [-0.3, -0.25) is 9.69 Å². The van der Waals surface area contributed by atoms with Gasteiger partial charge in [-0.1, -0.05) is 12.1 Å². The second kappa shape index (κ2) is 10.4. The number of methoxy groups -OCH3 is 2. The van der Waals surface area contributed by atoms with Crippen LogP contribution in [0.15, 0.2) is 48.5 Å². The molecule has 2 aliphatic heterocycles. The second-order valence-corrected chi connectivity index (χ2v) is 9.12. The Morgan fingerprint density at radius 2 is 1.75 bits per heavy atom. The first kappa shape index (κ1) is 22.6. The minimum Gasteiger partial charge on any atom is -0.497 e. The predicted octanol–water partition coefficient (Wildman–Crippen LogP) is 3.87. The van der Waals surface area contributed by atoms with Gasteiger partial charge in [-0.25, -0.2) is 0 Å². The predicted molar refractivity (Wildman–Crippen MR) is 127 cm³/mol. The lowest BCUT2D eigenvalue weighted by atomic mass is 9.86. The van der Waals surface area contributed by atoms with Gasteiger partial charge < -0.3 is 19.7 Å². The molecule has 0 spiro atoms. The van der Waals surface area contributed by atoms with E-state index >= 15 is 0 Å². The Kier molecular flexibility index (Phi) is 7.33. The van der Waals surface area contributed by atoms with Crippen molar-refractivity contribution in [3.8, 4) is 11.5 Å². The fourth-order valence-electron chi connectivity index (χ4n) is 5.21. The van der Waals surface area contributed by atoms with Crippen molar-refractivity contribution in [2.75, 3.05) is 46.2 Å². The Bertz CT molecular complexity index is 893. The Morgan fingerprint density at radius 1 is 1.03 bits per heavy atom. The molecule has 32 heavy (non-hydrogen) atoms. The van der Waals surface area contributed by atoms with Gasteiger partial charge in [-0.05, 0) is 87.3 Å². The maximum atomic E-state index is 12.9. The third kappa shape index (κ3) is 5.43. The lowest BCUT2D eigenvalue weighted by molar-refractivity contribution is -0.119. The number of anilines is 1. The van der Waals surface area contributed by atoms with Gasteiger partial charge in [0.1, 0.15) is 11.5 Å². The van der Waals surface area contributed by atoms with E-state index < -0.39 is 0 Å². The van der Waals surface area contributed by atoms with E-state index in [0.717, 1.165) is 49.8 Å². The minimum atomic E-state index is 0.0434. The van der Waals surface area contributed by atoms with Crippen LogP contribution in [0.2, 0.25) is 0 Å². The summed E-state index contributed by atoms with van der Waals surface area (Å²) in [6.07, 6.45) is 3.32. The van der Waals surface area contributed by atoms with Crippen molar-refractivity contribution in [2.24, 2.45) is 11.8 Å². The molecule has 4 rings (SSSR count). The van der Waals surface area contributed by atoms with Gasteiger partial charge in [-0.15, -0.1) is 0 Å². The van der Waals surface area contributed by atoms with Crippen LogP contribution in [-0.2, 0) is 11.3 Å². The van der Waals surface area contributed by atoms with Crippen molar-refractivity contribution >= 4 is 11.6 Å². The molecule has 172 valence electrons. The summed E-state index contributed by atoms with van der Waals surface area (Å²) in [5.41, 5.74) is 2.13. The highest BCUT2D eigenvalue weighted by Crippen LogP contribution is 2.34. The molecule has 2 heterocycles. The minimum absolute atomic E-state index is 0.0434. The van der Waals surface area contributed by atoms with Crippen LogP contribution >= 0.6 is 0 Å². The van der Waals surface area contributed by atoms with Crippen molar-refractivity contribution in [3.05, 3.63) is 54.1 Å². The summed E-state index contributed by atoms with van der Waals surface area (Å²) < 4.78 is 10.5. The van der Waals surface area contributed by atoms with Gasteiger partial charge in [0.2, 0.25) is 5.91 Å². The molecule has 2 aliphatic rings. The average Bonchev–Trinajstić information content (AvgIpc) is 3.22. The highest BCUT2D eigenvalue weighted by molar-refractivity contribution is 5.93. The van der Waals surface area contributed by atoms with Crippen LogP contribution in [-0.4, -0.2) is 62.7 Å². The molecule has 2 fully saturated rings.